The third-order valence-electron chi connectivity index (χ3n) is 8.11. The fourth-order valence-corrected chi connectivity index (χ4v) is 5.66. The summed E-state index contributed by atoms with van der Waals surface area (Å²) in [5.74, 6) is 0.193. The van der Waals surface area contributed by atoms with Crippen molar-refractivity contribution in [3.8, 4) is 17.1 Å². The molecule has 0 atom stereocenters. The van der Waals surface area contributed by atoms with Crippen molar-refractivity contribution in [3.05, 3.63) is 93.7 Å². The van der Waals surface area contributed by atoms with E-state index in [1.165, 1.54) is 10.6 Å². The highest BCUT2D eigenvalue weighted by Gasteiger charge is 2.26. The van der Waals surface area contributed by atoms with E-state index >= 15 is 4.39 Å². The van der Waals surface area contributed by atoms with Crippen LogP contribution in [-0.4, -0.2) is 35.3 Å². The Morgan fingerprint density at radius 2 is 1.96 bits per heavy atom. The van der Waals surface area contributed by atoms with E-state index in [4.69, 9.17) is 15.5 Å². The maximum atomic E-state index is 15.4. The van der Waals surface area contributed by atoms with Crippen LogP contribution < -0.4 is 11.3 Å². The third kappa shape index (κ3) is 6.77. The normalized spacial score (nSPS) is 13.0. The van der Waals surface area contributed by atoms with Crippen LogP contribution in [0.5, 0.6) is 0 Å². The Balaban J connectivity index is 1.42. The molecule has 5 aromatic rings. The van der Waals surface area contributed by atoms with E-state index in [0.29, 0.717) is 40.4 Å². The minimum absolute atomic E-state index is 0.00864. The van der Waals surface area contributed by atoms with Gasteiger partial charge in [0.05, 0.1) is 17.3 Å². The molecule has 1 fully saturated rings. The first-order valence-corrected chi connectivity index (χ1v) is 15.4. The van der Waals surface area contributed by atoms with Gasteiger partial charge in [-0.3, -0.25) is 18.8 Å². The van der Waals surface area contributed by atoms with Crippen molar-refractivity contribution >= 4 is 22.7 Å². The van der Waals surface area contributed by atoms with Gasteiger partial charge in [-0.1, -0.05) is 44.4 Å². The lowest BCUT2D eigenvalue weighted by atomic mass is 10.0. The number of anilines is 1. The van der Waals surface area contributed by atoms with Crippen LogP contribution in [0, 0.1) is 5.82 Å². The topological polar surface area (TPSA) is 131 Å². The lowest BCUT2D eigenvalue weighted by molar-refractivity contribution is -0.145. The minimum atomic E-state index is -0.546. The zero-order valence-electron chi connectivity index (χ0n) is 25.5. The van der Waals surface area contributed by atoms with Crippen molar-refractivity contribution < 1.29 is 13.9 Å². The van der Waals surface area contributed by atoms with E-state index in [-0.39, 0.29) is 36.2 Å². The smallest absolute Gasteiger partial charge is 0.306 e. The number of hydrogen-bond donors (Lipinski definition) is 1. The number of pyridine rings is 1. The highest BCUT2D eigenvalue weighted by molar-refractivity contribution is 5.83. The van der Waals surface area contributed by atoms with Gasteiger partial charge in [-0.2, -0.15) is 15.1 Å². The van der Waals surface area contributed by atoms with E-state index in [0.717, 1.165) is 49.7 Å². The molecule has 0 aliphatic heterocycles. The van der Waals surface area contributed by atoms with Gasteiger partial charge in [-0.05, 0) is 59.9 Å². The number of carbonyl (C=O) groups excluding carboxylic acids is 1. The Labute approximate surface area is 260 Å². The highest BCUT2D eigenvalue weighted by atomic mass is 19.1. The molecule has 0 amide bonds. The van der Waals surface area contributed by atoms with Crippen LogP contribution in [0.1, 0.15) is 80.3 Å². The molecule has 1 aliphatic rings. The zero-order chi connectivity index (χ0) is 31.5. The number of unbranched alkanes of at least 4 members (excludes halogenated alkanes) is 3. The number of nitrogens with two attached hydrogens (primary N) is 1. The molecule has 0 radical (unpaired) electrons. The standard InChI is InChI=1S/C34H36FN7O3/c1-3-4-5-6-10-30(43)45-20-26-25(32-38-29(39-34(36)40-32)15-21-18-37-41(2)19-21)8-7-9-28(26)42-14-13-23-16-24(22-11-12-22)17-27(35)31(23)33(42)44/h7-9,13-14,16-19,22H,3-6,10-12,15,20H2,1-2H3,(H2,36,38,39,40). The quantitative estimate of drug-likeness (QED) is 0.139. The number of rotatable bonds is 12. The molecule has 1 aliphatic carbocycles. The summed E-state index contributed by atoms with van der Waals surface area (Å²) in [7, 11) is 1.83. The number of esters is 1. The SMILES string of the molecule is CCCCCCC(=O)OCc1c(-c2nc(N)nc(Cc3cnn(C)c3)n2)cccc1-n1ccc2cc(C3CC3)cc(F)c2c1=O. The number of hydrogen-bond acceptors (Lipinski definition) is 8. The number of aromatic nitrogens is 6. The van der Waals surface area contributed by atoms with E-state index in [1.54, 1.807) is 41.3 Å². The third-order valence-corrected chi connectivity index (χ3v) is 8.11. The molecule has 2 aromatic carbocycles. The molecule has 0 unspecified atom stereocenters. The Morgan fingerprint density at radius 1 is 1.11 bits per heavy atom. The lowest BCUT2D eigenvalue weighted by Gasteiger charge is -2.17. The van der Waals surface area contributed by atoms with E-state index < -0.39 is 11.4 Å². The number of carbonyl (C=O) groups is 1. The minimum Gasteiger partial charge on any atom is -0.461 e. The first kappa shape index (κ1) is 30.1. The molecule has 45 heavy (non-hydrogen) atoms. The van der Waals surface area contributed by atoms with Crippen LogP contribution in [0.25, 0.3) is 27.8 Å². The van der Waals surface area contributed by atoms with Gasteiger partial charge in [-0.15, -0.1) is 0 Å². The maximum absolute atomic E-state index is 15.4. The van der Waals surface area contributed by atoms with Gasteiger partial charge < -0.3 is 10.5 Å². The predicted molar refractivity (Wildman–Crippen MR) is 169 cm³/mol. The second-order valence-electron chi connectivity index (χ2n) is 11.6. The number of halogens is 1. The number of benzene rings is 2. The number of fused-ring (bicyclic) bond motifs is 1. The van der Waals surface area contributed by atoms with Crippen molar-refractivity contribution in [2.45, 2.75) is 70.8 Å². The van der Waals surface area contributed by atoms with Crippen LogP contribution in [-0.2, 0) is 29.6 Å². The maximum Gasteiger partial charge on any atom is 0.306 e. The molecule has 232 valence electrons. The van der Waals surface area contributed by atoms with Gasteiger partial charge in [0.25, 0.3) is 5.56 Å². The monoisotopic (exact) mass is 609 g/mol. The molecule has 0 spiro atoms. The highest BCUT2D eigenvalue weighted by Crippen LogP contribution is 2.41. The summed E-state index contributed by atoms with van der Waals surface area (Å²) in [6.07, 6.45) is 11.7. The summed E-state index contributed by atoms with van der Waals surface area (Å²) >= 11 is 0. The molecule has 3 aromatic heterocycles. The number of nitrogens with zero attached hydrogens (tertiary/aromatic N) is 6. The molecular weight excluding hydrogens is 573 g/mol. The largest absolute Gasteiger partial charge is 0.461 e. The average molecular weight is 610 g/mol. The first-order valence-electron chi connectivity index (χ1n) is 15.4. The summed E-state index contributed by atoms with van der Waals surface area (Å²) < 4.78 is 24.2. The molecular formula is C34H36FN7O3. The second-order valence-corrected chi connectivity index (χ2v) is 11.6. The average Bonchev–Trinajstić information content (AvgIpc) is 3.79. The van der Waals surface area contributed by atoms with Gasteiger partial charge in [0.2, 0.25) is 5.95 Å². The number of nitrogen functional groups attached to an aromatic ring is 1. The fraction of sp³-hybridized carbons (Fsp3) is 0.353. The second kappa shape index (κ2) is 13.0. The number of ether oxygens (including phenoxy) is 1. The van der Waals surface area contributed by atoms with Gasteiger partial charge in [0.1, 0.15) is 18.2 Å². The van der Waals surface area contributed by atoms with Crippen molar-refractivity contribution in [1.82, 2.24) is 29.3 Å². The molecule has 2 N–H and O–H groups in total. The fourth-order valence-electron chi connectivity index (χ4n) is 5.66. The predicted octanol–water partition coefficient (Wildman–Crippen LogP) is 5.78. The summed E-state index contributed by atoms with van der Waals surface area (Å²) in [5.41, 5.74) is 8.88. The molecule has 10 nitrogen and oxygen atoms in total. The summed E-state index contributed by atoms with van der Waals surface area (Å²) in [6.45, 7) is 1.97. The number of aryl methyl sites for hydroxylation is 1. The molecule has 0 bridgehead atoms. The van der Waals surface area contributed by atoms with Crippen LogP contribution in [0.4, 0.5) is 10.3 Å². The van der Waals surface area contributed by atoms with Crippen molar-refractivity contribution in [3.63, 3.8) is 0 Å². The Bertz CT molecular complexity index is 1930. The summed E-state index contributed by atoms with van der Waals surface area (Å²) in [6, 6.07) is 10.4. The Kier molecular flexibility index (Phi) is 8.68. The Morgan fingerprint density at radius 3 is 2.71 bits per heavy atom. The van der Waals surface area contributed by atoms with Crippen LogP contribution in [0.15, 0.2) is 59.8 Å². The van der Waals surface area contributed by atoms with Gasteiger partial charge in [0.15, 0.2) is 5.82 Å². The van der Waals surface area contributed by atoms with Crippen molar-refractivity contribution in [2.24, 2.45) is 7.05 Å². The van der Waals surface area contributed by atoms with E-state index in [9.17, 15) is 9.59 Å². The molecule has 6 rings (SSSR count). The Hall–Kier alpha value is -4.93. The zero-order valence-corrected chi connectivity index (χ0v) is 25.5. The van der Waals surface area contributed by atoms with Gasteiger partial charge in [-0.25, -0.2) is 9.37 Å². The van der Waals surface area contributed by atoms with Gasteiger partial charge >= 0.3 is 5.97 Å². The van der Waals surface area contributed by atoms with Crippen LogP contribution in [0.3, 0.4) is 0 Å². The molecule has 3 heterocycles. The summed E-state index contributed by atoms with van der Waals surface area (Å²) in [5, 5.41) is 4.77. The lowest BCUT2D eigenvalue weighted by Crippen LogP contribution is -2.21. The van der Waals surface area contributed by atoms with Gasteiger partial charge in [0, 0.05) is 43.4 Å². The molecule has 11 heteroatoms. The summed E-state index contributed by atoms with van der Waals surface area (Å²) in [4.78, 5) is 40.0. The van der Waals surface area contributed by atoms with Crippen LogP contribution in [0.2, 0.25) is 0 Å². The van der Waals surface area contributed by atoms with Crippen LogP contribution >= 0.6 is 0 Å². The van der Waals surface area contributed by atoms with Crippen molar-refractivity contribution in [1.29, 1.82) is 0 Å². The van der Waals surface area contributed by atoms with E-state index in [2.05, 4.69) is 22.0 Å². The van der Waals surface area contributed by atoms with Crippen molar-refractivity contribution in [2.75, 3.05) is 5.73 Å². The molecule has 1 saturated carbocycles. The van der Waals surface area contributed by atoms with E-state index in [1.807, 2.05) is 19.3 Å². The molecule has 0 saturated heterocycles. The first-order chi connectivity index (χ1) is 21.8.